The molecule has 4 nitrogen and oxygen atoms in total. The van der Waals surface area contributed by atoms with Crippen LogP contribution in [0.25, 0.3) is 0 Å². The number of hydrogen-bond acceptors (Lipinski definition) is 3. The smallest absolute Gasteiger partial charge is 0.218 e. The van der Waals surface area contributed by atoms with Crippen molar-refractivity contribution in [2.45, 2.75) is 20.0 Å². The van der Waals surface area contributed by atoms with E-state index in [1.807, 2.05) is 31.2 Å². The van der Waals surface area contributed by atoms with Gasteiger partial charge >= 0.3 is 0 Å². The lowest BCUT2D eigenvalue weighted by atomic mass is 10.3. The van der Waals surface area contributed by atoms with Crippen LogP contribution in [0.3, 0.4) is 0 Å². The van der Waals surface area contributed by atoms with Crippen LogP contribution < -0.4 is 16.4 Å². The van der Waals surface area contributed by atoms with Crippen LogP contribution in [0.2, 0.25) is 0 Å². The first-order valence-electron chi connectivity index (χ1n) is 4.47. The van der Waals surface area contributed by atoms with Gasteiger partial charge in [0, 0.05) is 18.3 Å². The van der Waals surface area contributed by atoms with Gasteiger partial charge in [-0.2, -0.15) is 0 Å². The predicted molar refractivity (Wildman–Crippen MR) is 57.8 cm³/mol. The maximum atomic E-state index is 10.7. The third-order valence-corrected chi connectivity index (χ3v) is 1.71. The molecular weight excluding hydrogens is 178 g/mol. The van der Waals surface area contributed by atoms with E-state index in [1.165, 1.54) is 6.92 Å². The Hall–Kier alpha value is -1.71. The third-order valence-electron chi connectivity index (χ3n) is 1.71. The van der Waals surface area contributed by atoms with Gasteiger partial charge in [0.1, 0.15) is 0 Å². The zero-order valence-corrected chi connectivity index (χ0v) is 8.37. The Morgan fingerprint density at radius 2 is 1.93 bits per heavy atom. The minimum atomic E-state index is -0.0869. The van der Waals surface area contributed by atoms with E-state index in [-0.39, 0.29) is 12.1 Å². The molecule has 0 aromatic heterocycles. The summed E-state index contributed by atoms with van der Waals surface area (Å²) in [7, 11) is 0. The highest BCUT2D eigenvalue weighted by atomic mass is 16.1. The summed E-state index contributed by atoms with van der Waals surface area (Å²) in [5, 5.41) is 5.84. The second-order valence-corrected chi connectivity index (χ2v) is 3.19. The summed E-state index contributed by atoms with van der Waals surface area (Å²) in [5.41, 5.74) is 7.20. The first-order chi connectivity index (χ1) is 6.58. The van der Waals surface area contributed by atoms with E-state index >= 15 is 0 Å². The molecular formula is C10H15N3O. The molecule has 0 aliphatic rings. The van der Waals surface area contributed by atoms with Crippen molar-refractivity contribution in [3.05, 3.63) is 24.3 Å². The number of carbonyl (C=O) groups is 1. The van der Waals surface area contributed by atoms with Crippen LogP contribution in [0.1, 0.15) is 13.8 Å². The number of rotatable bonds is 3. The van der Waals surface area contributed by atoms with Crippen molar-refractivity contribution in [1.29, 1.82) is 0 Å². The molecule has 0 radical (unpaired) electrons. The van der Waals surface area contributed by atoms with Crippen LogP contribution in [0.5, 0.6) is 0 Å². The summed E-state index contributed by atoms with van der Waals surface area (Å²) in [4.78, 5) is 10.7. The Bertz CT molecular complexity index is 308. The fourth-order valence-corrected chi connectivity index (χ4v) is 1.17. The molecule has 0 saturated heterocycles. The molecule has 14 heavy (non-hydrogen) atoms. The zero-order valence-electron chi connectivity index (χ0n) is 8.37. The minimum absolute atomic E-state index is 0.0551. The minimum Gasteiger partial charge on any atom is -0.399 e. The van der Waals surface area contributed by atoms with Gasteiger partial charge in [-0.15, -0.1) is 0 Å². The van der Waals surface area contributed by atoms with Crippen molar-refractivity contribution >= 4 is 17.3 Å². The number of nitrogens with one attached hydrogen (secondary N) is 2. The lowest BCUT2D eigenvalue weighted by molar-refractivity contribution is -0.119. The maximum absolute atomic E-state index is 10.7. The average Bonchev–Trinajstić information content (AvgIpc) is 2.07. The van der Waals surface area contributed by atoms with Crippen molar-refractivity contribution in [2.24, 2.45) is 0 Å². The van der Waals surface area contributed by atoms with Gasteiger partial charge in [0.05, 0.1) is 6.17 Å². The first-order valence-corrected chi connectivity index (χ1v) is 4.47. The molecule has 0 spiro atoms. The summed E-state index contributed by atoms with van der Waals surface area (Å²) in [6.45, 7) is 3.36. The number of amides is 1. The average molecular weight is 193 g/mol. The summed E-state index contributed by atoms with van der Waals surface area (Å²) < 4.78 is 0. The Morgan fingerprint density at radius 3 is 2.43 bits per heavy atom. The highest BCUT2D eigenvalue weighted by molar-refractivity contribution is 5.73. The summed E-state index contributed by atoms with van der Waals surface area (Å²) in [6, 6.07) is 7.35. The Labute approximate surface area is 83.5 Å². The highest BCUT2D eigenvalue weighted by Crippen LogP contribution is 2.10. The molecule has 0 saturated carbocycles. The largest absolute Gasteiger partial charge is 0.399 e. The molecule has 1 amide bonds. The molecule has 0 bridgehead atoms. The SMILES string of the molecule is CC(=O)NC(C)Nc1ccc(N)cc1. The van der Waals surface area contributed by atoms with Crippen LogP contribution in [-0.2, 0) is 4.79 Å². The molecule has 76 valence electrons. The Balaban J connectivity index is 2.51. The van der Waals surface area contributed by atoms with E-state index in [1.54, 1.807) is 0 Å². The van der Waals surface area contributed by atoms with Gasteiger partial charge in [0.25, 0.3) is 0 Å². The number of benzene rings is 1. The molecule has 0 heterocycles. The lowest BCUT2D eigenvalue weighted by Crippen LogP contribution is -2.36. The molecule has 1 rings (SSSR count). The van der Waals surface area contributed by atoms with E-state index in [9.17, 15) is 4.79 Å². The van der Waals surface area contributed by atoms with Crippen LogP contribution in [0.15, 0.2) is 24.3 Å². The van der Waals surface area contributed by atoms with Crippen molar-refractivity contribution in [1.82, 2.24) is 5.32 Å². The molecule has 0 aliphatic heterocycles. The van der Waals surface area contributed by atoms with Gasteiger partial charge in [-0.05, 0) is 31.2 Å². The van der Waals surface area contributed by atoms with Crippen LogP contribution in [-0.4, -0.2) is 12.1 Å². The molecule has 1 atom stereocenters. The molecule has 4 N–H and O–H groups in total. The Kier molecular flexibility index (Phi) is 3.34. The van der Waals surface area contributed by atoms with E-state index in [0.717, 1.165) is 11.4 Å². The van der Waals surface area contributed by atoms with Crippen molar-refractivity contribution in [3.63, 3.8) is 0 Å². The van der Waals surface area contributed by atoms with Gasteiger partial charge in [0.2, 0.25) is 5.91 Å². The number of anilines is 2. The molecule has 1 aromatic rings. The number of nitrogens with two attached hydrogens (primary N) is 1. The summed E-state index contributed by atoms with van der Waals surface area (Å²) in [6.07, 6.45) is -0.0869. The van der Waals surface area contributed by atoms with Gasteiger partial charge in [0.15, 0.2) is 0 Å². The van der Waals surface area contributed by atoms with Crippen molar-refractivity contribution < 1.29 is 4.79 Å². The van der Waals surface area contributed by atoms with Crippen molar-refractivity contribution in [2.75, 3.05) is 11.1 Å². The Morgan fingerprint density at radius 1 is 1.36 bits per heavy atom. The molecule has 1 unspecified atom stereocenters. The molecule has 4 heteroatoms. The van der Waals surface area contributed by atoms with Gasteiger partial charge in [-0.25, -0.2) is 0 Å². The monoisotopic (exact) mass is 193 g/mol. The number of hydrogen-bond donors (Lipinski definition) is 3. The van der Waals surface area contributed by atoms with Crippen LogP contribution in [0.4, 0.5) is 11.4 Å². The first kappa shape index (κ1) is 10.4. The normalized spacial score (nSPS) is 11.9. The quantitative estimate of drug-likeness (QED) is 0.498. The predicted octanol–water partition coefficient (Wildman–Crippen LogP) is 1.16. The lowest BCUT2D eigenvalue weighted by Gasteiger charge is -2.15. The van der Waals surface area contributed by atoms with E-state index in [4.69, 9.17) is 5.73 Å². The van der Waals surface area contributed by atoms with E-state index in [0.29, 0.717) is 0 Å². The molecule has 0 aliphatic carbocycles. The van der Waals surface area contributed by atoms with E-state index < -0.39 is 0 Å². The third kappa shape index (κ3) is 3.35. The van der Waals surface area contributed by atoms with Gasteiger partial charge in [-0.3, -0.25) is 4.79 Å². The van der Waals surface area contributed by atoms with E-state index in [2.05, 4.69) is 10.6 Å². The van der Waals surface area contributed by atoms with Gasteiger partial charge in [-0.1, -0.05) is 0 Å². The number of nitrogen functional groups attached to an aromatic ring is 1. The number of carbonyl (C=O) groups excluding carboxylic acids is 1. The fraction of sp³-hybridized carbons (Fsp3) is 0.300. The second kappa shape index (κ2) is 4.50. The van der Waals surface area contributed by atoms with Gasteiger partial charge < -0.3 is 16.4 Å². The topological polar surface area (TPSA) is 67.2 Å². The van der Waals surface area contributed by atoms with Crippen molar-refractivity contribution in [3.8, 4) is 0 Å². The maximum Gasteiger partial charge on any atom is 0.218 e. The standard InChI is InChI=1S/C10H15N3O/c1-7(12-8(2)14)13-10-5-3-9(11)4-6-10/h3-7,13H,11H2,1-2H3,(H,12,14). The van der Waals surface area contributed by atoms with Crippen LogP contribution >= 0.6 is 0 Å². The second-order valence-electron chi connectivity index (χ2n) is 3.19. The van der Waals surface area contributed by atoms with Crippen LogP contribution in [0, 0.1) is 0 Å². The molecule has 0 fully saturated rings. The summed E-state index contributed by atoms with van der Waals surface area (Å²) >= 11 is 0. The fourth-order valence-electron chi connectivity index (χ4n) is 1.17. The summed E-state index contributed by atoms with van der Waals surface area (Å²) in [5.74, 6) is -0.0551. The molecule has 1 aromatic carbocycles. The highest BCUT2D eigenvalue weighted by Gasteiger charge is 2.01. The zero-order chi connectivity index (χ0) is 10.6.